The smallest absolute Gasteiger partial charge is 0.228 e. The number of aromatic nitrogens is 2. The lowest BCUT2D eigenvalue weighted by Gasteiger charge is -2.26. The maximum absolute atomic E-state index is 12.3. The molecule has 3 aromatic rings. The summed E-state index contributed by atoms with van der Waals surface area (Å²) in [5.74, 6) is 2.39. The summed E-state index contributed by atoms with van der Waals surface area (Å²) >= 11 is 0. The molecule has 1 aromatic carbocycles. The van der Waals surface area contributed by atoms with Gasteiger partial charge in [-0.05, 0) is 36.1 Å². The summed E-state index contributed by atoms with van der Waals surface area (Å²) in [6.07, 6.45) is 5.00. The Kier molecular flexibility index (Phi) is 5.39. The summed E-state index contributed by atoms with van der Waals surface area (Å²) in [6.45, 7) is 2.69. The van der Waals surface area contributed by atoms with Crippen LogP contribution in [0.15, 0.2) is 48.7 Å². The summed E-state index contributed by atoms with van der Waals surface area (Å²) in [7, 11) is -0.640. The topological polar surface area (TPSA) is 66.7 Å². The second kappa shape index (κ2) is 8.32. The molecule has 6 nitrogen and oxygen atoms in total. The van der Waals surface area contributed by atoms with Gasteiger partial charge in [0.05, 0.1) is 11.9 Å². The van der Waals surface area contributed by atoms with Gasteiger partial charge < -0.3 is 5.32 Å². The number of rotatable bonds is 5. The van der Waals surface area contributed by atoms with Gasteiger partial charge in [-0.3, -0.25) is 18.3 Å². The van der Waals surface area contributed by atoms with E-state index >= 15 is 0 Å². The lowest BCUT2D eigenvalue weighted by molar-refractivity contribution is -0.122. The number of anilines is 1. The largest absolute Gasteiger partial charge is 0.309 e. The molecule has 2 aromatic heterocycles. The van der Waals surface area contributed by atoms with Crippen molar-refractivity contribution in [1.82, 2.24) is 14.3 Å². The number of amides is 1. The maximum Gasteiger partial charge on any atom is 0.228 e. The zero-order valence-corrected chi connectivity index (χ0v) is 17.7. The Morgan fingerprint density at radius 1 is 1.10 bits per heavy atom. The number of carbonyl (C=O) groups excluding carboxylic acids is 1. The third-order valence-corrected chi connectivity index (χ3v) is 7.42. The molecule has 0 bridgehead atoms. The van der Waals surface area contributed by atoms with Gasteiger partial charge in [-0.25, -0.2) is 4.98 Å². The standard InChI is InChI=1S/C23H26N4O2S/c28-23(19-3-1-4-19)25-21-16-27-20(5-2-6-22(27)24-21)18-9-7-17(8-10-18)15-26-11-13-30(29)14-12-26/h2,5-10,16,19H,1,3-4,11-15H2,(H,25,28). The molecule has 1 amide bonds. The van der Waals surface area contributed by atoms with Crippen LogP contribution < -0.4 is 5.32 Å². The van der Waals surface area contributed by atoms with Crippen molar-refractivity contribution in [3.8, 4) is 11.3 Å². The van der Waals surface area contributed by atoms with Gasteiger partial charge in [0.2, 0.25) is 5.91 Å². The molecular weight excluding hydrogens is 396 g/mol. The van der Waals surface area contributed by atoms with Gasteiger partial charge in [0.25, 0.3) is 0 Å². The van der Waals surface area contributed by atoms with Crippen molar-refractivity contribution in [3.05, 3.63) is 54.2 Å². The number of carbonyl (C=O) groups is 1. The van der Waals surface area contributed by atoms with Crippen LogP contribution in [-0.2, 0) is 22.1 Å². The van der Waals surface area contributed by atoms with Crippen LogP contribution >= 0.6 is 0 Å². The maximum atomic E-state index is 12.3. The molecule has 1 aliphatic carbocycles. The molecule has 2 aliphatic rings. The number of fused-ring (bicyclic) bond motifs is 1. The molecule has 1 saturated heterocycles. The highest BCUT2D eigenvalue weighted by atomic mass is 32.2. The molecule has 156 valence electrons. The molecule has 0 radical (unpaired) electrons. The van der Waals surface area contributed by atoms with Gasteiger partial charge in [-0.2, -0.15) is 0 Å². The Hall–Kier alpha value is -2.51. The fourth-order valence-corrected chi connectivity index (χ4v) is 5.21. The van der Waals surface area contributed by atoms with Gasteiger partial charge >= 0.3 is 0 Å². The molecule has 5 rings (SSSR count). The minimum Gasteiger partial charge on any atom is -0.309 e. The molecule has 30 heavy (non-hydrogen) atoms. The summed E-state index contributed by atoms with van der Waals surface area (Å²) in [6, 6.07) is 14.6. The van der Waals surface area contributed by atoms with Crippen LogP contribution in [0.3, 0.4) is 0 Å². The number of hydrogen-bond acceptors (Lipinski definition) is 4. The van der Waals surface area contributed by atoms with Crippen LogP contribution in [0.25, 0.3) is 16.9 Å². The summed E-state index contributed by atoms with van der Waals surface area (Å²) in [4.78, 5) is 19.2. The molecule has 1 saturated carbocycles. The van der Waals surface area contributed by atoms with Gasteiger partial charge in [-0.1, -0.05) is 36.8 Å². The van der Waals surface area contributed by atoms with E-state index in [1.807, 2.05) is 22.7 Å². The molecule has 0 unspecified atom stereocenters. The van der Waals surface area contributed by atoms with E-state index in [9.17, 15) is 9.00 Å². The monoisotopic (exact) mass is 422 g/mol. The molecular formula is C23H26N4O2S. The lowest BCUT2D eigenvalue weighted by Crippen LogP contribution is -2.37. The average molecular weight is 423 g/mol. The number of nitrogens with zero attached hydrogens (tertiary/aromatic N) is 3. The Morgan fingerprint density at radius 2 is 1.87 bits per heavy atom. The third-order valence-electron chi connectivity index (χ3n) is 6.15. The molecule has 1 aliphatic heterocycles. The number of nitrogens with one attached hydrogen (secondary N) is 1. The third kappa shape index (κ3) is 4.04. The minimum atomic E-state index is -0.640. The Labute approximate surface area is 178 Å². The second-order valence-electron chi connectivity index (χ2n) is 8.20. The number of hydrogen-bond donors (Lipinski definition) is 1. The first-order valence-corrected chi connectivity index (χ1v) is 12.1. The molecule has 0 atom stereocenters. The zero-order chi connectivity index (χ0) is 20.5. The lowest BCUT2D eigenvalue weighted by atomic mass is 9.85. The van der Waals surface area contributed by atoms with Crippen LogP contribution in [0.1, 0.15) is 24.8 Å². The van der Waals surface area contributed by atoms with E-state index < -0.39 is 10.8 Å². The predicted octanol–water partition coefficient (Wildman–Crippen LogP) is 3.30. The first kappa shape index (κ1) is 19.5. The van der Waals surface area contributed by atoms with Gasteiger partial charge in [0.1, 0.15) is 5.65 Å². The quantitative estimate of drug-likeness (QED) is 0.685. The highest BCUT2D eigenvalue weighted by Gasteiger charge is 2.25. The Morgan fingerprint density at radius 3 is 2.57 bits per heavy atom. The molecule has 3 heterocycles. The van der Waals surface area contributed by atoms with Crippen LogP contribution in [0.4, 0.5) is 5.82 Å². The van der Waals surface area contributed by atoms with Crippen molar-refractivity contribution >= 4 is 28.2 Å². The highest BCUT2D eigenvalue weighted by molar-refractivity contribution is 7.85. The van der Waals surface area contributed by atoms with Crippen LogP contribution in [0, 0.1) is 5.92 Å². The van der Waals surface area contributed by atoms with Gasteiger partial charge in [0, 0.05) is 47.9 Å². The zero-order valence-electron chi connectivity index (χ0n) is 16.9. The van der Waals surface area contributed by atoms with E-state index in [1.165, 1.54) is 5.56 Å². The van der Waals surface area contributed by atoms with Crippen LogP contribution in [0.5, 0.6) is 0 Å². The SMILES string of the molecule is O=C(Nc1cn2c(-c3ccc(CN4CCS(=O)CC4)cc3)cccc2n1)C1CCC1. The second-order valence-corrected chi connectivity index (χ2v) is 9.90. The Balaban J connectivity index is 1.33. The van der Waals surface area contributed by atoms with Crippen molar-refractivity contribution in [2.45, 2.75) is 25.8 Å². The molecule has 0 spiro atoms. The van der Waals surface area contributed by atoms with Crippen molar-refractivity contribution in [2.24, 2.45) is 5.92 Å². The Bertz CT molecular complexity index is 1080. The first-order valence-electron chi connectivity index (χ1n) is 10.6. The summed E-state index contributed by atoms with van der Waals surface area (Å²) in [5, 5.41) is 2.97. The predicted molar refractivity (Wildman–Crippen MR) is 120 cm³/mol. The van der Waals surface area contributed by atoms with Crippen molar-refractivity contribution in [3.63, 3.8) is 0 Å². The van der Waals surface area contributed by atoms with E-state index in [0.29, 0.717) is 5.82 Å². The molecule has 7 heteroatoms. The number of pyridine rings is 1. The van der Waals surface area contributed by atoms with Gasteiger partial charge in [-0.15, -0.1) is 0 Å². The normalized spacial score (nSPS) is 18.4. The fourth-order valence-electron chi connectivity index (χ4n) is 4.08. The summed E-state index contributed by atoms with van der Waals surface area (Å²) < 4.78 is 13.6. The molecule has 2 fully saturated rings. The first-order chi connectivity index (χ1) is 14.7. The van der Waals surface area contributed by atoms with E-state index in [2.05, 4.69) is 45.5 Å². The van der Waals surface area contributed by atoms with Gasteiger partial charge in [0.15, 0.2) is 5.82 Å². The van der Waals surface area contributed by atoms with E-state index in [-0.39, 0.29) is 11.8 Å². The van der Waals surface area contributed by atoms with Crippen LogP contribution in [-0.4, -0.2) is 49.0 Å². The van der Waals surface area contributed by atoms with E-state index in [1.54, 1.807) is 0 Å². The van der Waals surface area contributed by atoms with Crippen molar-refractivity contribution < 1.29 is 9.00 Å². The number of imidazole rings is 1. The fraction of sp³-hybridized carbons (Fsp3) is 0.391. The van der Waals surface area contributed by atoms with Crippen molar-refractivity contribution in [1.29, 1.82) is 0 Å². The number of benzene rings is 1. The van der Waals surface area contributed by atoms with Crippen molar-refractivity contribution in [2.75, 3.05) is 29.9 Å². The summed E-state index contributed by atoms with van der Waals surface area (Å²) in [5.41, 5.74) is 4.24. The molecule has 1 N–H and O–H groups in total. The average Bonchev–Trinajstić information content (AvgIpc) is 3.11. The van der Waals surface area contributed by atoms with Crippen LogP contribution in [0.2, 0.25) is 0 Å². The van der Waals surface area contributed by atoms with E-state index in [4.69, 9.17) is 0 Å². The van der Waals surface area contributed by atoms with E-state index in [0.717, 1.165) is 67.3 Å². The minimum absolute atomic E-state index is 0.0807. The highest BCUT2D eigenvalue weighted by Crippen LogP contribution is 2.28.